The summed E-state index contributed by atoms with van der Waals surface area (Å²) < 4.78 is 5.47. The number of nitrogens with one attached hydrogen (secondary N) is 2. The van der Waals surface area contributed by atoms with Crippen LogP contribution >= 0.6 is 0 Å². The largest absolute Gasteiger partial charge is 0.463 e. The van der Waals surface area contributed by atoms with E-state index in [2.05, 4.69) is 22.1 Å². The first-order chi connectivity index (χ1) is 17.2. The molecule has 1 aromatic carbocycles. The minimum absolute atomic E-state index is 0.0666. The second-order valence-corrected chi connectivity index (χ2v) is 9.50. The highest BCUT2D eigenvalue weighted by molar-refractivity contribution is 5.95. The van der Waals surface area contributed by atoms with E-state index in [1.165, 1.54) is 0 Å². The lowest BCUT2D eigenvalue weighted by Gasteiger charge is -2.38. The van der Waals surface area contributed by atoms with Crippen LogP contribution < -0.4 is 10.6 Å². The molecule has 2 heterocycles. The number of nitrogens with zero attached hydrogens (tertiary/aromatic N) is 3. The smallest absolute Gasteiger partial charge is 0.338 e. The number of amides is 4. The van der Waals surface area contributed by atoms with Crippen molar-refractivity contribution < 1.29 is 19.1 Å². The summed E-state index contributed by atoms with van der Waals surface area (Å²) in [5, 5.41) is 5.96. The maximum atomic E-state index is 13.3. The molecule has 1 aromatic rings. The van der Waals surface area contributed by atoms with Crippen molar-refractivity contribution in [1.82, 2.24) is 25.3 Å². The SMILES string of the molecule is C=CCN1C(=O)N[C@@H](c2cccc(C)c2)C(C(=O)OCC)=C1CN1CCCN(C(=O)NC(C)C)CC1. The topological polar surface area (TPSA) is 94.2 Å². The highest BCUT2D eigenvalue weighted by Crippen LogP contribution is 2.32. The van der Waals surface area contributed by atoms with E-state index in [1.54, 1.807) is 17.9 Å². The Bertz CT molecular complexity index is 1010. The van der Waals surface area contributed by atoms with Crippen LogP contribution in [0.15, 0.2) is 48.2 Å². The van der Waals surface area contributed by atoms with E-state index in [0.717, 1.165) is 24.1 Å². The molecule has 0 radical (unpaired) electrons. The number of carbonyl (C=O) groups excluding carboxylic acids is 3. The van der Waals surface area contributed by atoms with Crippen LogP contribution in [-0.2, 0) is 9.53 Å². The number of rotatable bonds is 8. The maximum absolute atomic E-state index is 13.3. The van der Waals surface area contributed by atoms with Gasteiger partial charge in [-0.15, -0.1) is 6.58 Å². The quantitative estimate of drug-likeness (QED) is 0.425. The zero-order valence-electron chi connectivity index (χ0n) is 21.9. The molecule has 0 unspecified atom stereocenters. The minimum Gasteiger partial charge on any atom is -0.463 e. The lowest BCUT2D eigenvalue weighted by atomic mass is 9.93. The molecule has 36 heavy (non-hydrogen) atoms. The average Bonchev–Trinajstić information content (AvgIpc) is 3.06. The number of carbonyl (C=O) groups is 3. The predicted molar refractivity (Wildman–Crippen MR) is 139 cm³/mol. The summed E-state index contributed by atoms with van der Waals surface area (Å²) in [4.78, 5) is 44.7. The molecule has 0 spiro atoms. The molecule has 3 rings (SSSR count). The van der Waals surface area contributed by atoms with Gasteiger partial charge in [-0.05, 0) is 39.7 Å². The molecular formula is C27H39N5O4. The minimum atomic E-state index is -0.618. The standard InChI is InChI=1S/C27H39N5O4/c1-6-12-32-22(18-30-13-9-14-31(16-15-30)26(34)28-19(3)4)23(25(33)36-7-2)24(29-27(32)35)21-11-8-10-20(5)17-21/h6,8,10-11,17,19,24H,1,7,9,12-16,18H2,2-5H3,(H,28,34)(H,29,35)/t24-/m0/s1. The van der Waals surface area contributed by atoms with Gasteiger partial charge in [0.1, 0.15) is 0 Å². The van der Waals surface area contributed by atoms with Gasteiger partial charge < -0.3 is 20.3 Å². The number of hydrogen-bond donors (Lipinski definition) is 2. The van der Waals surface area contributed by atoms with E-state index < -0.39 is 12.0 Å². The predicted octanol–water partition coefficient (Wildman–Crippen LogP) is 3.19. The Balaban J connectivity index is 1.96. The summed E-state index contributed by atoms with van der Waals surface area (Å²) >= 11 is 0. The van der Waals surface area contributed by atoms with Gasteiger partial charge in [-0.3, -0.25) is 9.80 Å². The summed E-state index contributed by atoms with van der Waals surface area (Å²) in [5.74, 6) is -0.444. The van der Waals surface area contributed by atoms with Crippen molar-refractivity contribution in [2.75, 3.05) is 45.9 Å². The molecule has 0 aromatic heterocycles. The summed E-state index contributed by atoms with van der Waals surface area (Å²) in [6, 6.07) is 6.89. The highest BCUT2D eigenvalue weighted by Gasteiger charge is 2.38. The first-order valence-corrected chi connectivity index (χ1v) is 12.7. The Kier molecular flexibility index (Phi) is 9.52. The Morgan fingerprint density at radius 2 is 2.03 bits per heavy atom. The van der Waals surface area contributed by atoms with Crippen LogP contribution in [0.4, 0.5) is 9.59 Å². The number of aryl methyl sites for hydroxylation is 1. The number of hydrogen-bond acceptors (Lipinski definition) is 5. The molecule has 0 aliphatic carbocycles. The van der Waals surface area contributed by atoms with E-state index in [9.17, 15) is 14.4 Å². The van der Waals surface area contributed by atoms with Crippen LogP contribution in [0.2, 0.25) is 0 Å². The van der Waals surface area contributed by atoms with Gasteiger partial charge in [-0.25, -0.2) is 14.4 Å². The van der Waals surface area contributed by atoms with Crippen molar-refractivity contribution in [2.24, 2.45) is 0 Å². The van der Waals surface area contributed by atoms with E-state index in [0.29, 0.717) is 37.4 Å². The third-order valence-corrected chi connectivity index (χ3v) is 6.28. The highest BCUT2D eigenvalue weighted by atomic mass is 16.5. The zero-order valence-corrected chi connectivity index (χ0v) is 21.9. The van der Waals surface area contributed by atoms with E-state index in [-0.39, 0.29) is 31.3 Å². The summed E-state index contributed by atoms with van der Waals surface area (Å²) in [7, 11) is 0. The fourth-order valence-electron chi connectivity index (χ4n) is 4.63. The van der Waals surface area contributed by atoms with Crippen LogP contribution in [0, 0.1) is 6.92 Å². The fourth-order valence-corrected chi connectivity index (χ4v) is 4.63. The van der Waals surface area contributed by atoms with Gasteiger partial charge in [-0.1, -0.05) is 35.9 Å². The van der Waals surface area contributed by atoms with Crippen LogP contribution in [-0.4, -0.2) is 84.6 Å². The second kappa shape index (κ2) is 12.6. The molecule has 0 bridgehead atoms. The zero-order chi connectivity index (χ0) is 26.2. The van der Waals surface area contributed by atoms with Crippen molar-refractivity contribution in [3.05, 3.63) is 59.3 Å². The van der Waals surface area contributed by atoms with Gasteiger partial charge in [-0.2, -0.15) is 0 Å². The number of ether oxygens (including phenoxy) is 1. The van der Waals surface area contributed by atoms with Gasteiger partial charge >= 0.3 is 18.0 Å². The molecule has 2 aliphatic rings. The Morgan fingerprint density at radius 1 is 1.25 bits per heavy atom. The Hall–Kier alpha value is -3.33. The van der Waals surface area contributed by atoms with Crippen LogP contribution in [0.5, 0.6) is 0 Å². The van der Waals surface area contributed by atoms with Crippen molar-refractivity contribution in [2.45, 2.75) is 46.2 Å². The maximum Gasteiger partial charge on any atom is 0.338 e. The van der Waals surface area contributed by atoms with Crippen molar-refractivity contribution >= 4 is 18.0 Å². The lowest BCUT2D eigenvalue weighted by molar-refractivity contribution is -0.139. The molecule has 9 nitrogen and oxygen atoms in total. The monoisotopic (exact) mass is 497 g/mol. The number of esters is 1. The molecule has 1 fully saturated rings. The molecule has 2 N–H and O–H groups in total. The lowest BCUT2D eigenvalue weighted by Crippen LogP contribution is -2.51. The molecule has 9 heteroatoms. The molecule has 0 saturated carbocycles. The molecule has 2 aliphatic heterocycles. The normalized spacial score (nSPS) is 19.1. The average molecular weight is 498 g/mol. The summed E-state index contributed by atoms with van der Waals surface area (Å²) in [6.45, 7) is 14.9. The number of benzene rings is 1. The molecule has 1 saturated heterocycles. The second-order valence-electron chi connectivity index (χ2n) is 9.50. The first kappa shape index (κ1) is 27.3. The van der Waals surface area contributed by atoms with Crippen LogP contribution in [0.3, 0.4) is 0 Å². The van der Waals surface area contributed by atoms with Gasteiger partial charge in [0.15, 0.2) is 0 Å². The molecule has 196 valence electrons. The van der Waals surface area contributed by atoms with Crippen molar-refractivity contribution in [3.63, 3.8) is 0 Å². The summed E-state index contributed by atoms with van der Waals surface area (Å²) in [5.41, 5.74) is 2.91. The third kappa shape index (κ3) is 6.66. The van der Waals surface area contributed by atoms with Gasteiger partial charge in [0.2, 0.25) is 0 Å². The third-order valence-electron chi connectivity index (χ3n) is 6.28. The Morgan fingerprint density at radius 3 is 2.69 bits per heavy atom. The first-order valence-electron chi connectivity index (χ1n) is 12.7. The molecule has 4 amide bonds. The van der Waals surface area contributed by atoms with Crippen LogP contribution in [0.25, 0.3) is 0 Å². The molecule has 1 atom stereocenters. The number of urea groups is 2. The fraction of sp³-hybridized carbons (Fsp3) is 0.519. The van der Waals surface area contributed by atoms with E-state index >= 15 is 0 Å². The van der Waals surface area contributed by atoms with Crippen LogP contribution in [0.1, 0.15) is 44.4 Å². The summed E-state index contributed by atoms with van der Waals surface area (Å²) in [6.07, 6.45) is 2.44. The van der Waals surface area contributed by atoms with Crippen molar-refractivity contribution in [3.8, 4) is 0 Å². The van der Waals surface area contributed by atoms with Crippen molar-refractivity contribution in [1.29, 1.82) is 0 Å². The van der Waals surface area contributed by atoms with Gasteiger partial charge in [0.05, 0.1) is 18.2 Å². The molecular weight excluding hydrogens is 458 g/mol. The van der Waals surface area contributed by atoms with Gasteiger partial charge in [0.25, 0.3) is 0 Å². The Labute approximate surface area is 214 Å². The van der Waals surface area contributed by atoms with Gasteiger partial charge in [0, 0.05) is 51.0 Å². The van der Waals surface area contributed by atoms with E-state index in [1.807, 2.05) is 49.9 Å². The van der Waals surface area contributed by atoms with E-state index in [4.69, 9.17) is 4.74 Å².